The molecule has 4 bridgehead atoms. The Balaban J connectivity index is 1.54. The minimum absolute atomic E-state index is 0.0428. The SMILES string of the molecule is O=[N+]([O-])c1ccc(N=Nc2cc3c(O)c(c2)OCCN2CCOCCOCCOCCN(CCOCCOCCOCC2)CCO3)cc1. The quantitative estimate of drug-likeness (QED) is 0.286. The molecule has 0 saturated heterocycles. The Hall–Kier alpha value is -3.48. The fourth-order valence-corrected chi connectivity index (χ4v) is 4.70. The Kier molecular flexibility index (Phi) is 17.3. The summed E-state index contributed by atoms with van der Waals surface area (Å²) in [6, 6.07) is 8.88. The summed E-state index contributed by atoms with van der Waals surface area (Å²) >= 11 is 0. The van der Waals surface area contributed by atoms with Crippen molar-refractivity contribution in [2.45, 2.75) is 0 Å². The van der Waals surface area contributed by atoms with Crippen LogP contribution in [0.2, 0.25) is 0 Å². The van der Waals surface area contributed by atoms with Crippen LogP contribution in [0.25, 0.3) is 0 Å². The number of phenols is 1. The van der Waals surface area contributed by atoms with Crippen molar-refractivity contribution in [3.8, 4) is 17.2 Å². The number of aromatic hydroxyl groups is 1. The second-order valence-corrected chi connectivity index (χ2v) is 10.8. The van der Waals surface area contributed by atoms with E-state index in [0.717, 1.165) is 0 Å². The number of fused-ring (bicyclic) bond motifs is 6. The molecule has 0 saturated carbocycles. The Labute approximate surface area is 280 Å². The molecule has 0 spiro atoms. The maximum absolute atomic E-state index is 11.2. The number of hydrogen-bond acceptors (Lipinski definition) is 15. The van der Waals surface area contributed by atoms with Gasteiger partial charge in [-0.1, -0.05) is 0 Å². The normalized spacial score (nSPS) is 22.6. The molecular formula is C32H47N5O11. The average Bonchev–Trinajstić information content (AvgIpc) is 3.08. The van der Waals surface area contributed by atoms with Gasteiger partial charge in [0.25, 0.3) is 5.69 Å². The summed E-state index contributed by atoms with van der Waals surface area (Å²) < 4.78 is 46.6. The van der Waals surface area contributed by atoms with Crippen molar-refractivity contribution in [1.29, 1.82) is 0 Å². The van der Waals surface area contributed by atoms with Gasteiger partial charge >= 0.3 is 0 Å². The van der Waals surface area contributed by atoms with E-state index in [1.165, 1.54) is 24.3 Å². The van der Waals surface area contributed by atoms with Crippen molar-refractivity contribution in [3.05, 3.63) is 46.5 Å². The van der Waals surface area contributed by atoms with E-state index in [0.29, 0.717) is 130 Å². The third-order valence-electron chi connectivity index (χ3n) is 7.39. The zero-order valence-electron chi connectivity index (χ0n) is 27.4. The molecule has 2 heterocycles. The lowest BCUT2D eigenvalue weighted by Gasteiger charge is -2.24. The Morgan fingerprint density at radius 3 is 1.29 bits per heavy atom. The molecule has 2 aromatic carbocycles. The summed E-state index contributed by atoms with van der Waals surface area (Å²) in [6.45, 7) is 10.00. The molecule has 16 heteroatoms. The van der Waals surface area contributed by atoms with E-state index in [4.69, 9.17) is 37.9 Å². The standard InChI is InChI=1S/C32H47N5O11/c38-32-30-25-28(34-33-27-1-3-29(4-2-27)37(39)40)26-31(32)48-16-10-36-7-13-43-19-23-45-21-17-41-11-5-35(9-15-47-30)6-12-42-18-22-46-24-20-44-14-8-36/h1-4,25-26,38H,5-24H2. The largest absolute Gasteiger partial charge is 0.502 e. The van der Waals surface area contributed by atoms with Crippen LogP contribution in [-0.2, 0) is 28.4 Å². The van der Waals surface area contributed by atoms with Crippen LogP contribution >= 0.6 is 0 Å². The third kappa shape index (κ3) is 14.3. The molecular weight excluding hydrogens is 630 g/mol. The lowest BCUT2D eigenvalue weighted by Crippen LogP contribution is -2.35. The molecule has 0 unspecified atom stereocenters. The number of nitro benzene ring substituents is 1. The maximum atomic E-state index is 11.2. The average molecular weight is 678 g/mol. The molecule has 1 N–H and O–H groups in total. The number of non-ortho nitro benzene ring substituents is 1. The fraction of sp³-hybridized carbons (Fsp3) is 0.625. The Morgan fingerprint density at radius 2 is 0.896 bits per heavy atom. The maximum Gasteiger partial charge on any atom is 0.269 e. The van der Waals surface area contributed by atoms with Gasteiger partial charge in [-0.15, -0.1) is 0 Å². The summed E-state index contributed by atoms with van der Waals surface area (Å²) in [5, 5.41) is 30.7. The number of nitrogens with zero attached hydrogens (tertiary/aromatic N) is 5. The van der Waals surface area contributed by atoms with Crippen LogP contribution in [0.4, 0.5) is 17.1 Å². The number of ether oxygens (including phenoxy) is 8. The molecule has 0 aliphatic carbocycles. The summed E-state index contributed by atoms with van der Waals surface area (Å²) in [5.74, 6) is 0.231. The zero-order valence-corrected chi connectivity index (χ0v) is 27.4. The highest BCUT2D eigenvalue weighted by molar-refractivity contribution is 5.59. The molecule has 0 radical (unpaired) electrons. The first-order chi connectivity index (χ1) is 23.6. The van der Waals surface area contributed by atoms with E-state index in [-0.39, 0.29) is 36.1 Å². The molecule has 4 rings (SSSR count). The molecule has 0 fully saturated rings. The second-order valence-electron chi connectivity index (χ2n) is 10.8. The minimum Gasteiger partial charge on any atom is -0.502 e. The van der Waals surface area contributed by atoms with Crippen LogP contribution < -0.4 is 9.47 Å². The van der Waals surface area contributed by atoms with Gasteiger partial charge in [0.2, 0.25) is 5.75 Å². The highest BCUT2D eigenvalue weighted by atomic mass is 16.6. The van der Waals surface area contributed by atoms with Gasteiger partial charge in [0.15, 0.2) is 11.5 Å². The molecule has 0 atom stereocenters. The monoisotopic (exact) mass is 677 g/mol. The smallest absolute Gasteiger partial charge is 0.269 e. The number of benzene rings is 2. The van der Waals surface area contributed by atoms with Gasteiger partial charge in [0, 0.05) is 63.5 Å². The lowest BCUT2D eigenvalue weighted by molar-refractivity contribution is -0.384. The number of azo groups is 1. The van der Waals surface area contributed by atoms with Crippen molar-refractivity contribution < 1.29 is 47.9 Å². The van der Waals surface area contributed by atoms with Crippen molar-refractivity contribution >= 4 is 17.1 Å². The molecule has 16 nitrogen and oxygen atoms in total. The van der Waals surface area contributed by atoms with Crippen LogP contribution in [0.1, 0.15) is 0 Å². The minimum atomic E-state index is -0.476. The van der Waals surface area contributed by atoms with Gasteiger partial charge in [-0.05, 0) is 12.1 Å². The van der Waals surface area contributed by atoms with E-state index in [1.807, 2.05) is 0 Å². The highest BCUT2D eigenvalue weighted by Gasteiger charge is 2.16. The topological polar surface area (TPSA) is 168 Å². The number of phenolic OH excluding ortho intramolecular Hbond substituents is 1. The molecule has 0 aromatic heterocycles. The molecule has 0 amide bonds. The van der Waals surface area contributed by atoms with Gasteiger partial charge in [0.1, 0.15) is 13.2 Å². The van der Waals surface area contributed by atoms with E-state index in [2.05, 4.69) is 20.0 Å². The van der Waals surface area contributed by atoms with Gasteiger partial charge in [-0.25, -0.2) is 0 Å². The van der Waals surface area contributed by atoms with Crippen LogP contribution in [0.5, 0.6) is 17.2 Å². The number of nitro groups is 1. The summed E-state index contributed by atoms with van der Waals surface area (Å²) in [5.41, 5.74) is 0.761. The van der Waals surface area contributed by atoms with E-state index in [9.17, 15) is 15.2 Å². The number of rotatable bonds is 3. The fourth-order valence-electron chi connectivity index (χ4n) is 4.70. The lowest BCUT2D eigenvalue weighted by atomic mass is 10.2. The van der Waals surface area contributed by atoms with Crippen LogP contribution in [0.3, 0.4) is 0 Å². The van der Waals surface area contributed by atoms with Crippen molar-refractivity contribution in [2.75, 3.05) is 132 Å². The predicted octanol–water partition coefficient (Wildman–Crippen LogP) is 3.20. The van der Waals surface area contributed by atoms with Crippen molar-refractivity contribution in [3.63, 3.8) is 0 Å². The van der Waals surface area contributed by atoms with Gasteiger partial charge in [-0.3, -0.25) is 19.9 Å². The molecule has 2 aromatic rings. The van der Waals surface area contributed by atoms with Gasteiger partial charge in [-0.2, -0.15) is 10.2 Å². The second kappa shape index (κ2) is 22.2. The first kappa shape index (κ1) is 37.3. The first-order valence-electron chi connectivity index (χ1n) is 16.3. The van der Waals surface area contributed by atoms with Gasteiger partial charge in [0.05, 0.1) is 95.6 Å². The highest BCUT2D eigenvalue weighted by Crippen LogP contribution is 2.41. The number of hydrogen-bond donors (Lipinski definition) is 1. The van der Waals surface area contributed by atoms with Crippen LogP contribution in [-0.4, -0.2) is 152 Å². The molecule has 2 aliphatic rings. The van der Waals surface area contributed by atoms with Crippen LogP contribution in [0, 0.1) is 10.1 Å². The van der Waals surface area contributed by atoms with E-state index in [1.54, 1.807) is 12.1 Å². The first-order valence-corrected chi connectivity index (χ1v) is 16.3. The van der Waals surface area contributed by atoms with Crippen molar-refractivity contribution in [1.82, 2.24) is 9.80 Å². The molecule has 2 aliphatic heterocycles. The van der Waals surface area contributed by atoms with E-state index < -0.39 is 4.92 Å². The predicted molar refractivity (Wildman–Crippen MR) is 174 cm³/mol. The summed E-state index contributed by atoms with van der Waals surface area (Å²) in [7, 11) is 0. The third-order valence-corrected chi connectivity index (χ3v) is 7.39. The zero-order chi connectivity index (χ0) is 33.7. The summed E-state index contributed by atoms with van der Waals surface area (Å²) in [4.78, 5) is 14.8. The summed E-state index contributed by atoms with van der Waals surface area (Å²) in [6.07, 6.45) is 0. The Bertz CT molecular complexity index is 1160. The van der Waals surface area contributed by atoms with E-state index >= 15 is 0 Å². The van der Waals surface area contributed by atoms with Crippen LogP contribution in [0.15, 0.2) is 46.6 Å². The van der Waals surface area contributed by atoms with Gasteiger partial charge < -0.3 is 43.0 Å². The molecule has 266 valence electrons. The molecule has 48 heavy (non-hydrogen) atoms. The Morgan fingerprint density at radius 1 is 0.542 bits per heavy atom. The van der Waals surface area contributed by atoms with Crippen molar-refractivity contribution in [2.24, 2.45) is 10.2 Å².